The van der Waals surface area contributed by atoms with Crippen molar-refractivity contribution in [3.8, 4) is 11.1 Å². The average Bonchev–Trinajstić information content (AvgIpc) is 2.54. The van der Waals surface area contributed by atoms with Gasteiger partial charge in [-0.15, -0.1) is 0 Å². The zero-order valence-corrected chi connectivity index (χ0v) is 13.2. The first-order chi connectivity index (χ1) is 10.7. The maximum absolute atomic E-state index is 10.9. The molecule has 1 N–H and O–H groups in total. The van der Waals surface area contributed by atoms with Crippen LogP contribution in [0.2, 0.25) is 0 Å². The van der Waals surface area contributed by atoms with E-state index in [4.69, 9.17) is 5.11 Å². The predicted octanol–water partition coefficient (Wildman–Crippen LogP) is 5.10. The molecule has 2 rings (SSSR count). The molecule has 0 bridgehead atoms. The molecule has 116 valence electrons. The minimum Gasteiger partial charge on any atom is -0.481 e. The Morgan fingerprint density at radius 3 is 1.95 bits per heavy atom. The van der Waals surface area contributed by atoms with Crippen LogP contribution in [-0.2, 0) is 17.6 Å². The fourth-order valence-electron chi connectivity index (χ4n) is 2.81. The van der Waals surface area contributed by atoms with Crippen molar-refractivity contribution in [3.05, 3.63) is 59.7 Å². The molecule has 0 spiro atoms. The van der Waals surface area contributed by atoms with Crippen LogP contribution < -0.4 is 0 Å². The van der Waals surface area contributed by atoms with E-state index in [-0.39, 0.29) is 6.42 Å². The maximum Gasteiger partial charge on any atom is 0.303 e. The highest BCUT2D eigenvalue weighted by Gasteiger charge is 2.10. The smallest absolute Gasteiger partial charge is 0.303 e. The molecular weight excluding hydrogens is 272 g/mol. The van der Waals surface area contributed by atoms with E-state index < -0.39 is 5.97 Å². The van der Waals surface area contributed by atoms with E-state index in [1.807, 2.05) is 18.2 Å². The lowest BCUT2D eigenvalue weighted by atomic mass is 9.91. The van der Waals surface area contributed by atoms with Gasteiger partial charge in [0.05, 0.1) is 0 Å². The quantitative estimate of drug-likeness (QED) is 0.688. The Morgan fingerprint density at radius 1 is 0.864 bits per heavy atom. The van der Waals surface area contributed by atoms with E-state index in [0.717, 1.165) is 12.0 Å². The highest BCUT2D eigenvalue weighted by molar-refractivity contribution is 5.72. The van der Waals surface area contributed by atoms with Crippen LogP contribution in [0.3, 0.4) is 0 Å². The lowest BCUT2D eigenvalue weighted by molar-refractivity contribution is -0.136. The third kappa shape index (κ3) is 4.45. The fraction of sp³-hybridized carbons (Fsp3) is 0.350. The summed E-state index contributed by atoms with van der Waals surface area (Å²) in [6.45, 7) is 2.22. The minimum absolute atomic E-state index is 0.176. The van der Waals surface area contributed by atoms with Gasteiger partial charge in [-0.05, 0) is 41.5 Å². The molecule has 0 unspecified atom stereocenters. The van der Waals surface area contributed by atoms with Gasteiger partial charge in [-0.3, -0.25) is 4.79 Å². The van der Waals surface area contributed by atoms with Crippen molar-refractivity contribution >= 4 is 5.97 Å². The summed E-state index contributed by atoms with van der Waals surface area (Å²) in [6, 6.07) is 16.7. The van der Waals surface area contributed by atoms with Crippen LogP contribution in [0, 0.1) is 0 Å². The van der Waals surface area contributed by atoms with E-state index in [0.29, 0.717) is 6.42 Å². The first-order valence-electron chi connectivity index (χ1n) is 8.10. The Morgan fingerprint density at radius 2 is 1.41 bits per heavy atom. The van der Waals surface area contributed by atoms with E-state index in [2.05, 4.69) is 37.3 Å². The van der Waals surface area contributed by atoms with Crippen LogP contribution in [-0.4, -0.2) is 11.1 Å². The number of hydrogen-bond donors (Lipinski definition) is 1. The zero-order chi connectivity index (χ0) is 15.8. The molecule has 0 aliphatic heterocycles. The summed E-state index contributed by atoms with van der Waals surface area (Å²) in [4.78, 5) is 10.9. The average molecular weight is 296 g/mol. The van der Waals surface area contributed by atoms with Crippen LogP contribution in [0.25, 0.3) is 11.1 Å². The number of carboxylic acid groups (broad SMARTS) is 1. The molecule has 2 heteroatoms. The Balaban J connectivity index is 2.29. The summed E-state index contributed by atoms with van der Waals surface area (Å²) in [5, 5.41) is 8.93. The highest BCUT2D eigenvalue weighted by Crippen LogP contribution is 2.29. The van der Waals surface area contributed by atoms with Gasteiger partial charge in [0.2, 0.25) is 0 Å². The molecular formula is C20H24O2. The summed E-state index contributed by atoms with van der Waals surface area (Å²) < 4.78 is 0. The number of carboxylic acids is 1. The van der Waals surface area contributed by atoms with E-state index in [1.165, 1.54) is 36.0 Å². The second-order valence-electron chi connectivity index (χ2n) is 5.67. The molecule has 0 heterocycles. The van der Waals surface area contributed by atoms with Crippen LogP contribution in [0.1, 0.15) is 43.7 Å². The molecule has 0 amide bonds. The molecule has 0 saturated carbocycles. The number of aryl methyl sites for hydroxylation is 2. The lowest BCUT2D eigenvalue weighted by Crippen LogP contribution is -2.00. The zero-order valence-electron chi connectivity index (χ0n) is 13.2. The van der Waals surface area contributed by atoms with E-state index >= 15 is 0 Å². The van der Waals surface area contributed by atoms with Crippen LogP contribution in [0.15, 0.2) is 48.5 Å². The minimum atomic E-state index is -0.744. The normalized spacial score (nSPS) is 10.6. The van der Waals surface area contributed by atoms with Crippen molar-refractivity contribution in [2.24, 2.45) is 0 Å². The van der Waals surface area contributed by atoms with Crippen molar-refractivity contribution in [3.63, 3.8) is 0 Å². The molecule has 0 aliphatic rings. The summed E-state index contributed by atoms with van der Waals surface area (Å²) in [5.41, 5.74) is 4.90. The largest absolute Gasteiger partial charge is 0.481 e. The maximum atomic E-state index is 10.9. The number of rotatable bonds is 8. The van der Waals surface area contributed by atoms with Crippen LogP contribution in [0.5, 0.6) is 0 Å². The van der Waals surface area contributed by atoms with Gasteiger partial charge in [0.25, 0.3) is 0 Å². The van der Waals surface area contributed by atoms with E-state index in [9.17, 15) is 4.79 Å². The van der Waals surface area contributed by atoms with Crippen molar-refractivity contribution in [2.45, 2.75) is 45.4 Å². The molecule has 0 fully saturated rings. The monoisotopic (exact) mass is 296 g/mol. The molecule has 0 radical (unpaired) electrons. The Bertz CT molecular complexity index is 617. The van der Waals surface area contributed by atoms with Crippen molar-refractivity contribution in [1.82, 2.24) is 0 Å². The van der Waals surface area contributed by atoms with Crippen LogP contribution >= 0.6 is 0 Å². The summed E-state index contributed by atoms with van der Waals surface area (Å²) in [7, 11) is 0. The Kier molecular flexibility index (Phi) is 6.20. The van der Waals surface area contributed by atoms with Gasteiger partial charge in [0, 0.05) is 6.42 Å². The number of unbranched alkanes of at least 4 members (excludes halogenated alkanes) is 2. The Hall–Kier alpha value is -2.09. The van der Waals surface area contributed by atoms with Gasteiger partial charge in [-0.25, -0.2) is 0 Å². The first kappa shape index (κ1) is 16.3. The summed E-state index contributed by atoms with van der Waals surface area (Å²) >= 11 is 0. The van der Waals surface area contributed by atoms with Gasteiger partial charge in [-0.2, -0.15) is 0 Å². The van der Waals surface area contributed by atoms with Crippen molar-refractivity contribution < 1.29 is 9.90 Å². The highest BCUT2D eigenvalue weighted by atomic mass is 16.4. The topological polar surface area (TPSA) is 37.3 Å². The molecule has 2 aromatic rings. The number of carbonyl (C=O) groups is 1. The van der Waals surface area contributed by atoms with Gasteiger partial charge in [-0.1, -0.05) is 68.3 Å². The molecule has 0 aliphatic carbocycles. The van der Waals surface area contributed by atoms with Gasteiger partial charge >= 0.3 is 5.97 Å². The first-order valence-corrected chi connectivity index (χ1v) is 8.10. The molecule has 2 nitrogen and oxygen atoms in total. The Labute approximate surface area is 132 Å². The molecule has 0 saturated heterocycles. The fourth-order valence-corrected chi connectivity index (χ4v) is 2.81. The molecule has 0 aromatic heterocycles. The number of aliphatic carboxylic acids is 1. The van der Waals surface area contributed by atoms with E-state index in [1.54, 1.807) is 0 Å². The molecule has 22 heavy (non-hydrogen) atoms. The summed E-state index contributed by atoms with van der Waals surface area (Å²) in [5.74, 6) is -0.744. The SMILES string of the molecule is CCCCCc1ccccc1-c1ccccc1CCC(=O)O. The van der Waals surface area contributed by atoms with Gasteiger partial charge in [0.15, 0.2) is 0 Å². The second kappa shape index (κ2) is 8.38. The van der Waals surface area contributed by atoms with Crippen molar-refractivity contribution in [1.29, 1.82) is 0 Å². The lowest BCUT2D eigenvalue weighted by Gasteiger charge is -2.13. The summed E-state index contributed by atoms with van der Waals surface area (Å²) in [6.07, 6.45) is 5.50. The third-order valence-electron chi connectivity index (χ3n) is 3.98. The molecule has 0 atom stereocenters. The predicted molar refractivity (Wildman–Crippen MR) is 91.1 cm³/mol. The number of hydrogen-bond acceptors (Lipinski definition) is 1. The standard InChI is InChI=1S/C20H24O2/c1-2-3-4-9-16-10-5-7-12-18(16)19-13-8-6-11-17(19)14-15-20(21)22/h5-8,10-13H,2-4,9,14-15H2,1H3,(H,21,22). The molecule has 2 aromatic carbocycles. The van der Waals surface area contributed by atoms with Gasteiger partial charge < -0.3 is 5.11 Å². The third-order valence-corrected chi connectivity index (χ3v) is 3.98. The van der Waals surface area contributed by atoms with Gasteiger partial charge in [0.1, 0.15) is 0 Å². The number of benzene rings is 2. The second-order valence-corrected chi connectivity index (χ2v) is 5.67. The van der Waals surface area contributed by atoms with Crippen LogP contribution in [0.4, 0.5) is 0 Å². The van der Waals surface area contributed by atoms with Crippen molar-refractivity contribution in [2.75, 3.05) is 0 Å².